The molecule has 2 atom stereocenters. The molecule has 0 aliphatic heterocycles. The highest BCUT2D eigenvalue weighted by molar-refractivity contribution is 5.48. The normalized spacial score (nSPS) is 27.7. The van der Waals surface area contributed by atoms with Gasteiger partial charge < -0.3 is 10.1 Å². The van der Waals surface area contributed by atoms with E-state index in [4.69, 9.17) is 4.74 Å². The fourth-order valence-electron chi connectivity index (χ4n) is 3.57. The van der Waals surface area contributed by atoms with Gasteiger partial charge in [0.1, 0.15) is 5.82 Å². The highest BCUT2D eigenvalue weighted by Crippen LogP contribution is 2.58. The molecule has 2 aliphatic carbocycles. The predicted molar refractivity (Wildman–Crippen MR) is 74.9 cm³/mol. The van der Waals surface area contributed by atoms with Gasteiger partial charge in [0.15, 0.2) is 0 Å². The van der Waals surface area contributed by atoms with Gasteiger partial charge >= 0.3 is 0 Å². The van der Waals surface area contributed by atoms with Crippen LogP contribution in [0.25, 0.3) is 0 Å². The summed E-state index contributed by atoms with van der Waals surface area (Å²) in [5.41, 5.74) is 1.87. The Hall–Kier alpha value is -1.09. The van der Waals surface area contributed by atoms with E-state index in [1.54, 1.807) is 6.07 Å². The van der Waals surface area contributed by atoms with Gasteiger partial charge in [-0.15, -0.1) is 0 Å². The summed E-state index contributed by atoms with van der Waals surface area (Å²) in [7, 11) is 0. The van der Waals surface area contributed by atoms with Gasteiger partial charge in [0.05, 0.1) is 11.8 Å². The average Bonchev–Trinajstić information content (AvgIpc) is 2.28. The number of benzene rings is 1. The van der Waals surface area contributed by atoms with Crippen molar-refractivity contribution in [2.24, 2.45) is 5.41 Å². The highest BCUT2D eigenvalue weighted by atomic mass is 19.1. The van der Waals surface area contributed by atoms with E-state index in [1.807, 2.05) is 26.0 Å². The Morgan fingerprint density at radius 1 is 1.42 bits per heavy atom. The lowest BCUT2D eigenvalue weighted by Gasteiger charge is -2.61. The number of hydrogen-bond acceptors (Lipinski definition) is 2. The van der Waals surface area contributed by atoms with Crippen LogP contribution in [0.3, 0.4) is 0 Å². The van der Waals surface area contributed by atoms with Crippen molar-refractivity contribution in [2.75, 3.05) is 11.9 Å². The Balaban J connectivity index is 1.71. The van der Waals surface area contributed by atoms with Crippen LogP contribution >= 0.6 is 0 Å². The Morgan fingerprint density at radius 2 is 2.21 bits per heavy atom. The summed E-state index contributed by atoms with van der Waals surface area (Å²) in [4.78, 5) is 0. The zero-order chi connectivity index (χ0) is 13.5. The summed E-state index contributed by atoms with van der Waals surface area (Å²) in [5.74, 6) is -0.144. The third kappa shape index (κ3) is 2.04. The van der Waals surface area contributed by atoms with Crippen LogP contribution in [-0.4, -0.2) is 18.8 Å². The molecule has 0 radical (unpaired) electrons. The quantitative estimate of drug-likeness (QED) is 0.889. The van der Waals surface area contributed by atoms with Crippen molar-refractivity contribution in [3.8, 4) is 0 Å². The zero-order valence-electron chi connectivity index (χ0n) is 11.7. The second kappa shape index (κ2) is 4.78. The standard InChI is InChI=1S/C16H22FNO/c1-3-19-15-10-14(16(15)7-4-8-16)18-13-6-5-11(2)9-12(13)17/h5-6,9,14-15,18H,3-4,7-8,10H2,1-2H3. The summed E-state index contributed by atoms with van der Waals surface area (Å²) >= 11 is 0. The highest BCUT2D eigenvalue weighted by Gasteiger charge is 2.58. The molecule has 3 heteroatoms. The molecule has 2 saturated carbocycles. The summed E-state index contributed by atoms with van der Waals surface area (Å²) in [6, 6.07) is 5.77. The molecule has 104 valence electrons. The minimum Gasteiger partial charge on any atom is -0.379 e. The molecule has 1 aromatic rings. The number of halogens is 1. The summed E-state index contributed by atoms with van der Waals surface area (Å²) < 4.78 is 19.7. The largest absolute Gasteiger partial charge is 0.379 e. The van der Waals surface area contributed by atoms with Gasteiger partial charge in [-0.05, 0) is 50.8 Å². The number of nitrogens with one attached hydrogen (secondary N) is 1. The molecular weight excluding hydrogens is 241 g/mol. The molecule has 2 unspecified atom stereocenters. The second-order valence-corrected chi connectivity index (χ2v) is 5.95. The zero-order valence-corrected chi connectivity index (χ0v) is 11.7. The SMILES string of the molecule is CCOC1CC(Nc2ccc(C)cc2F)C12CCC2. The fourth-order valence-corrected chi connectivity index (χ4v) is 3.57. The van der Waals surface area contributed by atoms with E-state index in [-0.39, 0.29) is 11.2 Å². The van der Waals surface area contributed by atoms with Crippen LogP contribution in [0.2, 0.25) is 0 Å². The average molecular weight is 263 g/mol. The van der Waals surface area contributed by atoms with Crippen molar-refractivity contribution in [1.29, 1.82) is 0 Å². The Labute approximate surface area is 114 Å². The van der Waals surface area contributed by atoms with E-state index < -0.39 is 0 Å². The van der Waals surface area contributed by atoms with Crippen LogP contribution in [0.15, 0.2) is 18.2 Å². The molecule has 0 amide bonds. The lowest BCUT2D eigenvalue weighted by molar-refractivity contribution is -0.157. The number of rotatable bonds is 4. The molecule has 0 heterocycles. The van der Waals surface area contributed by atoms with Gasteiger partial charge in [0.2, 0.25) is 0 Å². The Bertz CT molecular complexity index is 470. The Morgan fingerprint density at radius 3 is 2.79 bits per heavy atom. The maximum Gasteiger partial charge on any atom is 0.146 e. The maximum atomic E-state index is 13.9. The van der Waals surface area contributed by atoms with Crippen LogP contribution in [0, 0.1) is 18.2 Å². The number of anilines is 1. The van der Waals surface area contributed by atoms with Crippen molar-refractivity contribution in [2.45, 2.75) is 51.7 Å². The first-order valence-corrected chi connectivity index (χ1v) is 7.30. The van der Waals surface area contributed by atoms with Gasteiger partial charge in [-0.1, -0.05) is 12.5 Å². The lowest BCUT2D eigenvalue weighted by atomic mass is 9.51. The van der Waals surface area contributed by atoms with E-state index >= 15 is 0 Å². The molecule has 0 bridgehead atoms. The van der Waals surface area contributed by atoms with Gasteiger partial charge in [-0.2, -0.15) is 0 Å². The molecule has 1 N–H and O–H groups in total. The van der Waals surface area contributed by atoms with Gasteiger partial charge in [0.25, 0.3) is 0 Å². The monoisotopic (exact) mass is 263 g/mol. The molecular formula is C16H22FNO. The van der Waals surface area contributed by atoms with E-state index in [2.05, 4.69) is 5.32 Å². The molecule has 2 aliphatic rings. The third-order valence-electron chi connectivity index (χ3n) is 4.89. The first-order chi connectivity index (χ1) is 9.15. The van der Waals surface area contributed by atoms with E-state index in [0.29, 0.717) is 17.8 Å². The van der Waals surface area contributed by atoms with Crippen LogP contribution in [0.5, 0.6) is 0 Å². The van der Waals surface area contributed by atoms with E-state index in [0.717, 1.165) is 18.6 Å². The molecule has 2 nitrogen and oxygen atoms in total. The molecule has 1 spiro atoms. The number of hydrogen-bond donors (Lipinski definition) is 1. The summed E-state index contributed by atoms with van der Waals surface area (Å²) in [5, 5.41) is 3.40. The molecule has 19 heavy (non-hydrogen) atoms. The van der Waals surface area contributed by atoms with Gasteiger partial charge in [0, 0.05) is 18.1 Å². The van der Waals surface area contributed by atoms with Crippen molar-refractivity contribution in [3.63, 3.8) is 0 Å². The second-order valence-electron chi connectivity index (χ2n) is 5.95. The number of ether oxygens (including phenoxy) is 1. The van der Waals surface area contributed by atoms with Crippen LogP contribution in [-0.2, 0) is 4.74 Å². The van der Waals surface area contributed by atoms with E-state index in [9.17, 15) is 4.39 Å². The lowest BCUT2D eigenvalue weighted by Crippen LogP contribution is -2.64. The smallest absolute Gasteiger partial charge is 0.146 e. The van der Waals surface area contributed by atoms with Crippen LogP contribution in [0.1, 0.15) is 38.2 Å². The fraction of sp³-hybridized carbons (Fsp3) is 0.625. The summed E-state index contributed by atoms with van der Waals surface area (Å²) in [6.45, 7) is 4.74. The van der Waals surface area contributed by atoms with Crippen molar-refractivity contribution >= 4 is 5.69 Å². The first-order valence-electron chi connectivity index (χ1n) is 7.30. The topological polar surface area (TPSA) is 21.3 Å². The number of aryl methyl sites for hydroxylation is 1. The molecule has 2 fully saturated rings. The van der Waals surface area contributed by atoms with Gasteiger partial charge in [-0.3, -0.25) is 0 Å². The Kier molecular flexibility index (Phi) is 3.25. The van der Waals surface area contributed by atoms with Crippen molar-refractivity contribution in [1.82, 2.24) is 0 Å². The minimum absolute atomic E-state index is 0.144. The molecule has 3 rings (SSSR count). The molecule has 0 saturated heterocycles. The van der Waals surface area contributed by atoms with Crippen molar-refractivity contribution in [3.05, 3.63) is 29.6 Å². The molecule has 1 aromatic carbocycles. The third-order valence-corrected chi connectivity index (χ3v) is 4.89. The predicted octanol–water partition coefficient (Wildman–Crippen LogP) is 3.89. The minimum atomic E-state index is -0.144. The van der Waals surface area contributed by atoms with Crippen LogP contribution in [0.4, 0.5) is 10.1 Å². The van der Waals surface area contributed by atoms with Crippen molar-refractivity contribution < 1.29 is 9.13 Å². The first kappa shape index (κ1) is 12.9. The molecule has 0 aromatic heterocycles. The van der Waals surface area contributed by atoms with Gasteiger partial charge in [-0.25, -0.2) is 4.39 Å². The maximum absolute atomic E-state index is 13.9. The van der Waals surface area contributed by atoms with Crippen LogP contribution < -0.4 is 5.32 Å². The van der Waals surface area contributed by atoms with E-state index in [1.165, 1.54) is 19.3 Å². The summed E-state index contributed by atoms with van der Waals surface area (Å²) in [6.07, 6.45) is 5.07.